The van der Waals surface area contributed by atoms with Crippen LogP contribution in [0, 0.1) is 19.7 Å². The number of hydrogen-bond acceptors (Lipinski definition) is 7. The van der Waals surface area contributed by atoms with Gasteiger partial charge >= 0.3 is 0 Å². The molecule has 0 N–H and O–H groups in total. The Bertz CT molecular complexity index is 1280. The molecule has 4 aromatic rings. The Balaban J connectivity index is 1.47. The first-order chi connectivity index (χ1) is 16.0. The molecule has 0 aliphatic rings. The van der Waals surface area contributed by atoms with Gasteiger partial charge in [-0.25, -0.2) is 9.37 Å². The topological polar surface area (TPSA) is 74.8 Å². The third-order valence-corrected chi connectivity index (χ3v) is 6.70. The maximum absolute atomic E-state index is 13.8. The number of aromatic nitrogens is 5. The Hall–Kier alpha value is -3.24. The number of carbonyl (C=O) groups excluding carboxylic acids is 1. The van der Waals surface area contributed by atoms with Crippen LogP contribution in [0.1, 0.15) is 27.6 Å². The maximum atomic E-state index is 13.8. The van der Waals surface area contributed by atoms with E-state index in [9.17, 15) is 9.18 Å². The second-order valence-corrected chi connectivity index (χ2v) is 8.98. The van der Waals surface area contributed by atoms with Gasteiger partial charge in [0.15, 0.2) is 33.5 Å². The van der Waals surface area contributed by atoms with Crippen molar-refractivity contribution in [3.05, 3.63) is 83.2 Å². The molecule has 33 heavy (non-hydrogen) atoms. The first kappa shape index (κ1) is 22.9. The summed E-state index contributed by atoms with van der Waals surface area (Å²) in [6, 6.07) is 8.08. The molecule has 3 aromatic heterocycles. The summed E-state index contributed by atoms with van der Waals surface area (Å²) in [5.74, 6) is 0.419. The van der Waals surface area contributed by atoms with Gasteiger partial charge in [-0.15, -0.1) is 28.1 Å². The fourth-order valence-corrected chi connectivity index (χ4v) is 5.02. The van der Waals surface area contributed by atoms with Crippen LogP contribution in [0.15, 0.2) is 59.7 Å². The van der Waals surface area contributed by atoms with E-state index in [1.165, 1.54) is 29.2 Å². The number of Topliss-reactive ketones (excluding diaryl/α,β-unsaturated/α-hetero) is 1. The van der Waals surface area contributed by atoms with E-state index in [1.54, 1.807) is 30.5 Å². The molecule has 3 heterocycles. The highest BCUT2D eigenvalue weighted by atomic mass is 32.2. The molecule has 1 aromatic carbocycles. The molecule has 0 fully saturated rings. The van der Waals surface area contributed by atoms with E-state index < -0.39 is 5.82 Å². The summed E-state index contributed by atoms with van der Waals surface area (Å²) in [7, 11) is 0. The number of ether oxygens (including phenoxy) is 1. The van der Waals surface area contributed by atoms with Gasteiger partial charge in [0.25, 0.3) is 0 Å². The number of para-hydroxylation sites is 1. The minimum atomic E-state index is -0.442. The quantitative estimate of drug-likeness (QED) is 0.179. The summed E-state index contributed by atoms with van der Waals surface area (Å²) in [6.07, 6.45) is 3.46. The van der Waals surface area contributed by atoms with Gasteiger partial charge in [0, 0.05) is 35.1 Å². The number of rotatable bonds is 10. The summed E-state index contributed by atoms with van der Waals surface area (Å²) < 4.78 is 23.2. The van der Waals surface area contributed by atoms with E-state index in [2.05, 4.69) is 21.8 Å². The van der Waals surface area contributed by atoms with E-state index in [1.807, 2.05) is 34.4 Å². The van der Waals surface area contributed by atoms with Crippen molar-refractivity contribution in [1.82, 2.24) is 24.3 Å². The van der Waals surface area contributed by atoms with Crippen molar-refractivity contribution >= 4 is 28.9 Å². The molecule has 0 aliphatic carbocycles. The number of thioether (sulfide) groups is 1. The van der Waals surface area contributed by atoms with Crippen molar-refractivity contribution < 1.29 is 13.9 Å². The van der Waals surface area contributed by atoms with Gasteiger partial charge in [-0.05, 0) is 32.0 Å². The number of nitrogens with zero attached hydrogens (tertiary/aromatic N) is 5. The lowest BCUT2D eigenvalue weighted by Gasteiger charge is -2.09. The summed E-state index contributed by atoms with van der Waals surface area (Å²) in [4.78, 5) is 17.4. The number of benzene rings is 1. The molecule has 7 nitrogen and oxygen atoms in total. The normalized spacial score (nSPS) is 11.0. The molecule has 0 saturated carbocycles. The Labute approximate surface area is 199 Å². The van der Waals surface area contributed by atoms with Gasteiger partial charge in [-0.2, -0.15) is 0 Å². The van der Waals surface area contributed by atoms with Crippen LogP contribution >= 0.6 is 23.1 Å². The average Bonchev–Trinajstić information content (AvgIpc) is 3.52. The summed E-state index contributed by atoms with van der Waals surface area (Å²) in [6.45, 7) is 8.15. The SMILES string of the molecule is C=CCn1c(COc2ccccc2F)nnc1SCC(=O)c1cc(C)n(-c2nccs2)c1C. The number of hydrogen-bond donors (Lipinski definition) is 0. The molecule has 0 amide bonds. The van der Waals surface area contributed by atoms with Crippen molar-refractivity contribution in [2.24, 2.45) is 0 Å². The van der Waals surface area contributed by atoms with Crippen LogP contribution in [0.5, 0.6) is 5.75 Å². The van der Waals surface area contributed by atoms with Gasteiger partial charge in [0.05, 0.1) is 5.75 Å². The summed E-state index contributed by atoms with van der Waals surface area (Å²) in [5, 5.41) is 11.7. The zero-order valence-corrected chi connectivity index (χ0v) is 19.8. The first-order valence-corrected chi connectivity index (χ1v) is 12.0. The van der Waals surface area contributed by atoms with Crippen LogP contribution in [-0.2, 0) is 13.2 Å². The zero-order valence-electron chi connectivity index (χ0n) is 18.2. The lowest BCUT2D eigenvalue weighted by Crippen LogP contribution is -2.09. The number of allylic oxidation sites excluding steroid dienone is 1. The van der Waals surface area contributed by atoms with Crippen LogP contribution in [0.3, 0.4) is 0 Å². The Morgan fingerprint density at radius 2 is 2.12 bits per heavy atom. The predicted molar refractivity (Wildman–Crippen MR) is 127 cm³/mol. The Kier molecular flexibility index (Phi) is 7.05. The monoisotopic (exact) mass is 483 g/mol. The fourth-order valence-electron chi connectivity index (χ4n) is 3.42. The number of thiazole rings is 1. The molecular weight excluding hydrogens is 461 g/mol. The van der Waals surface area contributed by atoms with Gasteiger partial charge in [-0.1, -0.05) is 30.0 Å². The van der Waals surface area contributed by atoms with Crippen LogP contribution in [0.4, 0.5) is 4.39 Å². The predicted octanol–water partition coefficient (Wildman–Crippen LogP) is 5.02. The fraction of sp³-hybridized carbons (Fsp3) is 0.217. The van der Waals surface area contributed by atoms with E-state index in [0.717, 1.165) is 16.5 Å². The average molecular weight is 484 g/mol. The number of aryl methyl sites for hydroxylation is 1. The Morgan fingerprint density at radius 1 is 1.30 bits per heavy atom. The highest BCUT2D eigenvalue weighted by molar-refractivity contribution is 7.99. The van der Waals surface area contributed by atoms with E-state index in [-0.39, 0.29) is 23.9 Å². The second kappa shape index (κ2) is 10.1. The van der Waals surface area contributed by atoms with Crippen molar-refractivity contribution in [3.8, 4) is 10.9 Å². The molecule has 10 heteroatoms. The van der Waals surface area contributed by atoms with E-state index in [4.69, 9.17) is 4.74 Å². The summed E-state index contributed by atoms with van der Waals surface area (Å²) in [5.41, 5.74) is 2.48. The lowest BCUT2D eigenvalue weighted by atomic mass is 10.2. The highest BCUT2D eigenvalue weighted by Crippen LogP contribution is 2.25. The molecule has 170 valence electrons. The molecule has 0 aliphatic heterocycles. The lowest BCUT2D eigenvalue weighted by molar-refractivity contribution is 0.102. The minimum absolute atomic E-state index is 0.00628. The molecule has 0 atom stereocenters. The van der Waals surface area contributed by atoms with Crippen LogP contribution < -0.4 is 4.74 Å². The van der Waals surface area contributed by atoms with Crippen molar-refractivity contribution in [2.45, 2.75) is 32.2 Å². The van der Waals surface area contributed by atoms with Crippen LogP contribution in [0.2, 0.25) is 0 Å². The number of ketones is 1. The smallest absolute Gasteiger partial charge is 0.193 e. The first-order valence-electron chi connectivity index (χ1n) is 10.1. The molecular formula is C23H22FN5O2S2. The number of halogens is 1. The highest BCUT2D eigenvalue weighted by Gasteiger charge is 2.20. The van der Waals surface area contributed by atoms with Gasteiger partial charge in [0.1, 0.15) is 6.61 Å². The van der Waals surface area contributed by atoms with Crippen LogP contribution in [-0.4, -0.2) is 35.9 Å². The van der Waals surface area contributed by atoms with Gasteiger partial charge in [-0.3, -0.25) is 13.9 Å². The van der Waals surface area contributed by atoms with Gasteiger partial charge in [0.2, 0.25) is 0 Å². The van der Waals surface area contributed by atoms with E-state index >= 15 is 0 Å². The maximum Gasteiger partial charge on any atom is 0.193 e. The molecule has 4 rings (SSSR count). The molecule has 0 bridgehead atoms. The van der Waals surface area contributed by atoms with E-state index in [0.29, 0.717) is 23.1 Å². The third kappa shape index (κ3) is 4.91. The second-order valence-electron chi connectivity index (χ2n) is 7.16. The van der Waals surface area contributed by atoms with Crippen molar-refractivity contribution in [3.63, 3.8) is 0 Å². The molecule has 0 unspecified atom stereocenters. The number of carbonyl (C=O) groups is 1. The zero-order chi connectivity index (χ0) is 23.4. The third-order valence-electron chi connectivity index (χ3n) is 4.97. The largest absolute Gasteiger partial charge is 0.483 e. The van der Waals surface area contributed by atoms with Gasteiger partial charge < -0.3 is 4.74 Å². The molecule has 0 radical (unpaired) electrons. The summed E-state index contributed by atoms with van der Waals surface area (Å²) >= 11 is 2.82. The Morgan fingerprint density at radius 3 is 2.85 bits per heavy atom. The molecule has 0 spiro atoms. The standard InChI is InChI=1S/C23H22FN5O2S2/c1-4-10-28-21(13-31-20-8-6-5-7-18(20)24)26-27-23(28)33-14-19(30)17-12-15(2)29(16(17)3)22-25-9-11-32-22/h4-9,11-12H,1,10,13-14H2,2-3H3. The van der Waals surface area contributed by atoms with Crippen LogP contribution in [0.25, 0.3) is 5.13 Å². The molecule has 0 saturated heterocycles. The minimum Gasteiger partial charge on any atom is -0.483 e. The van der Waals surface area contributed by atoms with Crippen molar-refractivity contribution in [2.75, 3.05) is 5.75 Å². The van der Waals surface area contributed by atoms with Crippen molar-refractivity contribution in [1.29, 1.82) is 0 Å².